The second-order valence-electron chi connectivity index (χ2n) is 21.8. The van der Waals surface area contributed by atoms with E-state index >= 15 is 0 Å². The van der Waals surface area contributed by atoms with E-state index in [2.05, 4.69) is 79.9 Å². The van der Waals surface area contributed by atoms with Gasteiger partial charge < -0.3 is 65.1 Å². The Labute approximate surface area is 472 Å². The van der Waals surface area contributed by atoms with E-state index < -0.39 is 86.8 Å². The standard InChI is InChI=1S/C64H113NO13/c1-3-5-7-9-11-13-15-17-18-19-20-21-22-23-24-25-26-27-28-29-30-31-32-33-34-36-38-40-42-44-46-48-56(69)65-52(53(68)47-45-43-41-39-37-35-16-14-12-10-8-6-4-2)51-75-63-61(74)59(72)62(55(50-67)77-63)78-64-60(73)58(71)57(70)54(49-66)76-64/h12,14-15,17,19-20,22-23,37,39,45,47,52-55,57-64,66-68,70-74H,3-11,13,16,18,21,24-36,38,40-44,46,48-51H2,1-2H3,(H,65,69)/b14-12+,17-15-,20-19-,23-22-,39-37+,47-45+. The smallest absolute Gasteiger partial charge is 0.220 e. The maximum absolute atomic E-state index is 13.2. The van der Waals surface area contributed by atoms with Gasteiger partial charge in [-0.2, -0.15) is 0 Å². The first-order valence-electron chi connectivity index (χ1n) is 31.2. The van der Waals surface area contributed by atoms with Gasteiger partial charge in [-0.05, 0) is 83.5 Å². The molecule has 0 aromatic rings. The van der Waals surface area contributed by atoms with E-state index in [0.717, 1.165) is 57.8 Å². The maximum atomic E-state index is 13.2. The predicted octanol–water partition coefficient (Wildman–Crippen LogP) is 11.1. The molecule has 14 heteroatoms. The Bertz CT molecular complexity index is 1580. The second kappa shape index (κ2) is 49.1. The molecule has 0 radical (unpaired) electrons. The van der Waals surface area contributed by atoms with Crippen LogP contribution < -0.4 is 5.32 Å². The molecule has 78 heavy (non-hydrogen) atoms. The zero-order valence-electron chi connectivity index (χ0n) is 48.6. The van der Waals surface area contributed by atoms with Gasteiger partial charge >= 0.3 is 0 Å². The van der Waals surface area contributed by atoms with Gasteiger partial charge in [0.05, 0.1) is 32.0 Å². The molecule has 0 aromatic heterocycles. The van der Waals surface area contributed by atoms with Crippen LogP contribution in [0.5, 0.6) is 0 Å². The topological polar surface area (TPSA) is 228 Å². The molecule has 2 saturated heterocycles. The molecule has 2 aliphatic heterocycles. The Morgan fingerprint density at radius 2 is 0.859 bits per heavy atom. The molecule has 0 bridgehead atoms. The molecule has 2 aliphatic rings. The molecule has 2 fully saturated rings. The van der Waals surface area contributed by atoms with Gasteiger partial charge in [0.1, 0.15) is 48.8 Å². The molecule has 2 heterocycles. The van der Waals surface area contributed by atoms with E-state index in [4.69, 9.17) is 18.9 Å². The first kappa shape index (κ1) is 71.5. The minimum atomic E-state index is -1.79. The largest absolute Gasteiger partial charge is 0.394 e. The van der Waals surface area contributed by atoms with Gasteiger partial charge in [-0.25, -0.2) is 0 Å². The van der Waals surface area contributed by atoms with Crippen LogP contribution in [0.15, 0.2) is 72.9 Å². The summed E-state index contributed by atoms with van der Waals surface area (Å²) in [6.07, 6.45) is 48.2. The van der Waals surface area contributed by atoms with Crippen molar-refractivity contribution in [3.05, 3.63) is 72.9 Å². The van der Waals surface area contributed by atoms with Crippen molar-refractivity contribution >= 4 is 5.91 Å². The number of nitrogens with one attached hydrogen (secondary N) is 1. The number of allylic oxidation sites excluding steroid dienone is 11. The minimum Gasteiger partial charge on any atom is -0.394 e. The first-order valence-corrected chi connectivity index (χ1v) is 31.2. The van der Waals surface area contributed by atoms with Gasteiger partial charge in [-0.1, -0.05) is 215 Å². The highest BCUT2D eigenvalue weighted by molar-refractivity contribution is 5.76. The van der Waals surface area contributed by atoms with Crippen molar-refractivity contribution in [2.45, 2.75) is 306 Å². The van der Waals surface area contributed by atoms with Crippen LogP contribution in [0.25, 0.3) is 0 Å². The fourth-order valence-electron chi connectivity index (χ4n) is 9.80. The lowest BCUT2D eigenvalue weighted by molar-refractivity contribution is -0.359. The lowest BCUT2D eigenvalue weighted by atomic mass is 9.97. The maximum Gasteiger partial charge on any atom is 0.220 e. The van der Waals surface area contributed by atoms with Gasteiger partial charge in [0, 0.05) is 6.42 Å². The summed E-state index contributed by atoms with van der Waals surface area (Å²) >= 11 is 0. The zero-order valence-corrected chi connectivity index (χ0v) is 48.6. The monoisotopic (exact) mass is 1100 g/mol. The van der Waals surface area contributed by atoms with Gasteiger partial charge in [-0.15, -0.1) is 0 Å². The SMILES string of the molecule is CCCCC/C=C/CC/C=C/CC/C=C/C(O)C(COC1OC(CO)C(OC2OC(CO)C(O)C(O)C2O)C(O)C1O)NC(=O)CCCCCCCCCCCCCCCCCC/C=C\C/C=C\C/C=C\CCCCCCC. The normalized spacial score (nSPS) is 25.1. The average Bonchev–Trinajstić information content (AvgIpc) is 3.46. The number of amides is 1. The van der Waals surface area contributed by atoms with E-state index in [1.54, 1.807) is 6.08 Å². The first-order chi connectivity index (χ1) is 38.1. The number of hydrogen-bond donors (Lipinski definition) is 9. The van der Waals surface area contributed by atoms with Crippen LogP contribution in [0.2, 0.25) is 0 Å². The third kappa shape index (κ3) is 34.0. The number of ether oxygens (including phenoxy) is 4. The molecule has 12 atom stereocenters. The highest BCUT2D eigenvalue weighted by atomic mass is 16.7. The summed E-state index contributed by atoms with van der Waals surface area (Å²) in [5.41, 5.74) is 0. The summed E-state index contributed by atoms with van der Waals surface area (Å²) in [6, 6.07) is -0.940. The van der Waals surface area contributed by atoms with Gasteiger partial charge in [-0.3, -0.25) is 4.79 Å². The summed E-state index contributed by atoms with van der Waals surface area (Å²) in [7, 11) is 0. The number of unbranched alkanes of at least 4 members (excludes halogenated alkanes) is 26. The molecular formula is C64H113NO13. The fraction of sp³-hybridized carbons (Fsp3) is 0.797. The summed E-state index contributed by atoms with van der Waals surface area (Å²) < 4.78 is 22.7. The highest BCUT2D eigenvalue weighted by Crippen LogP contribution is 2.30. The Hall–Kier alpha value is -2.57. The van der Waals surface area contributed by atoms with Crippen LogP contribution in [-0.2, 0) is 23.7 Å². The van der Waals surface area contributed by atoms with Gasteiger partial charge in [0.25, 0.3) is 0 Å². The van der Waals surface area contributed by atoms with Crippen LogP contribution in [0.4, 0.5) is 0 Å². The summed E-state index contributed by atoms with van der Waals surface area (Å²) in [4.78, 5) is 13.2. The van der Waals surface area contributed by atoms with E-state index in [1.165, 1.54) is 141 Å². The van der Waals surface area contributed by atoms with Crippen LogP contribution in [-0.4, -0.2) is 140 Å². The number of aliphatic hydroxyl groups is 8. The number of rotatable bonds is 49. The second-order valence-corrected chi connectivity index (χ2v) is 21.8. The molecule has 0 aromatic carbocycles. The third-order valence-electron chi connectivity index (χ3n) is 14.8. The van der Waals surface area contributed by atoms with Crippen molar-refractivity contribution in [3.8, 4) is 0 Å². The van der Waals surface area contributed by atoms with Crippen LogP contribution in [0.3, 0.4) is 0 Å². The Morgan fingerprint density at radius 1 is 0.462 bits per heavy atom. The Kier molecular flexibility index (Phi) is 45.0. The van der Waals surface area contributed by atoms with E-state index in [9.17, 15) is 45.6 Å². The van der Waals surface area contributed by atoms with Crippen LogP contribution >= 0.6 is 0 Å². The van der Waals surface area contributed by atoms with Crippen LogP contribution in [0, 0.1) is 0 Å². The molecule has 9 N–H and O–H groups in total. The van der Waals surface area contributed by atoms with E-state index in [1.807, 2.05) is 6.08 Å². The molecule has 1 amide bonds. The number of carbonyl (C=O) groups is 1. The average molecular weight is 1100 g/mol. The minimum absolute atomic E-state index is 0.255. The zero-order chi connectivity index (χ0) is 56.7. The molecule has 0 spiro atoms. The summed E-state index contributed by atoms with van der Waals surface area (Å²) in [5.74, 6) is -0.255. The molecule has 14 nitrogen and oxygen atoms in total. The van der Waals surface area contributed by atoms with Crippen LogP contribution in [0.1, 0.15) is 232 Å². The van der Waals surface area contributed by atoms with Crippen molar-refractivity contribution in [3.63, 3.8) is 0 Å². The quantitative estimate of drug-likeness (QED) is 0.0204. The van der Waals surface area contributed by atoms with E-state index in [0.29, 0.717) is 12.8 Å². The molecule has 12 unspecified atom stereocenters. The van der Waals surface area contributed by atoms with Crippen molar-refractivity contribution in [2.24, 2.45) is 0 Å². The molecule has 0 aliphatic carbocycles. The van der Waals surface area contributed by atoms with Gasteiger partial charge in [0.15, 0.2) is 12.6 Å². The molecule has 452 valence electrons. The lowest BCUT2D eigenvalue weighted by Crippen LogP contribution is -2.65. The summed E-state index contributed by atoms with van der Waals surface area (Å²) in [5, 5.41) is 87.0. The Morgan fingerprint density at radius 3 is 1.37 bits per heavy atom. The van der Waals surface area contributed by atoms with Crippen molar-refractivity contribution < 1.29 is 64.6 Å². The van der Waals surface area contributed by atoms with E-state index in [-0.39, 0.29) is 18.9 Å². The Balaban J connectivity index is 1.67. The highest BCUT2D eigenvalue weighted by Gasteiger charge is 2.51. The van der Waals surface area contributed by atoms with Crippen molar-refractivity contribution in [1.82, 2.24) is 5.32 Å². The predicted molar refractivity (Wildman–Crippen MR) is 313 cm³/mol. The summed E-state index contributed by atoms with van der Waals surface area (Å²) in [6.45, 7) is 2.72. The number of hydrogen-bond acceptors (Lipinski definition) is 13. The third-order valence-corrected chi connectivity index (χ3v) is 14.8. The van der Waals surface area contributed by atoms with Gasteiger partial charge in [0.2, 0.25) is 5.91 Å². The lowest BCUT2D eigenvalue weighted by Gasteiger charge is -2.46. The molecule has 0 saturated carbocycles. The number of carbonyl (C=O) groups excluding carboxylic acids is 1. The fourth-order valence-corrected chi connectivity index (χ4v) is 9.80. The van der Waals surface area contributed by atoms with Crippen molar-refractivity contribution in [1.29, 1.82) is 0 Å². The number of aliphatic hydroxyl groups excluding tert-OH is 8. The molecular weight excluding hydrogens is 991 g/mol. The van der Waals surface area contributed by atoms with Crippen molar-refractivity contribution in [2.75, 3.05) is 19.8 Å². The molecule has 2 rings (SSSR count).